The van der Waals surface area contributed by atoms with Gasteiger partial charge in [-0.15, -0.1) is 0 Å². The van der Waals surface area contributed by atoms with Crippen LogP contribution in [0.5, 0.6) is 0 Å². The summed E-state index contributed by atoms with van der Waals surface area (Å²) in [6, 6.07) is 2.30. The van der Waals surface area contributed by atoms with Gasteiger partial charge in [0.25, 0.3) is 0 Å². The number of nitrogens with zero attached hydrogens (tertiary/aromatic N) is 5. The lowest BCUT2D eigenvalue weighted by Crippen LogP contribution is -2.24. The Kier molecular flexibility index (Phi) is 4.06. The van der Waals surface area contributed by atoms with Crippen LogP contribution in [0.1, 0.15) is 36.1 Å². The molecule has 1 aliphatic rings. The fraction of sp³-hybridized carbons (Fsp3) is 0.467. The summed E-state index contributed by atoms with van der Waals surface area (Å²) < 4.78 is 0. The van der Waals surface area contributed by atoms with Crippen molar-refractivity contribution in [2.24, 2.45) is 0 Å². The highest BCUT2D eigenvalue weighted by Gasteiger charge is 2.27. The molecule has 1 atom stereocenters. The zero-order valence-corrected chi connectivity index (χ0v) is 12.5. The minimum Gasteiger partial charge on any atom is -0.372 e. The highest BCUT2D eigenvalue weighted by Crippen LogP contribution is 2.31. The van der Waals surface area contributed by atoms with Crippen LogP contribution in [-0.4, -0.2) is 38.4 Å². The van der Waals surface area contributed by atoms with E-state index >= 15 is 0 Å². The second-order valence-electron chi connectivity index (χ2n) is 5.30. The Hall–Kier alpha value is -2.08. The minimum atomic E-state index is 0.320. The molecule has 3 heterocycles. The maximum atomic E-state index is 4.63. The van der Waals surface area contributed by atoms with Crippen LogP contribution in [0.3, 0.4) is 0 Å². The number of aromatic nitrogens is 4. The summed E-state index contributed by atoms with van der Waals surface area (Å²) in [7, 11) is 1.86. The zero-order valence-electron chi connectivity index (χ0n) is 12.5. The van der Waals surface area contributed by atoms with Crippen LogP contribution in [0.15, 0.2) is 24.7 Å². The summed E-state index contributed by atoms with van der Waals surface area (Å²) in [6.45, 7) is 3.82. The highest BCUT2D eigenvalue weighted by molar-refractivity contribution is 5.31. The standard InChI is InChI=1S/C15H20N6/c1-11-18-6-5-12(19-11)10-21-7-3-4-14(21)13-8-17-9-15(16-2)20-13/h5-6,8-9,14H,3-4,7,10H2,1-2H3,(H,16,20). The maximum absolute atomic E-state index is 4.63. The number of rotatable bonds is 4. The van der Waals surface area contributed by atoms with Crippen molar-refractivity contribution >= 4 is 5.82 Å². The fourth-order valence-corrected chi connectivity index (χ4v) is 2.81. The van der Waals surface area contributed by atoms with Crippen molar-refractivity contribution in [3.05, 3.63) is 41.9 Å². The number of anilines is 1. The third kappa shape index (κ3) is 3.16. The predicted octanol–water partition coefficient (Wildman–Crippen LogP) is 1.95. The first-order chi connectivity index (χ1) is 10.3. The van der Waals surface area contributed by atoms with Crippen molar-refractivity contribution in [1.29, 1.82) is 0 Å². The van der Waals surface area contributed by atoms with Crippen LogP contribution >= 0.6 is 0 Å². The largest absolute Gasteiger partial charge is 0.372 e. The first kappa shape index (κ1) is 13.9. The van der Waals surface area contributed by atoms with Gasteiger partial charge in [0, 0.05) is 19.8 Å². The lowest BCUT2D eigenvalue weighted by Gasteiger charge is -2.23. The van der Waals surface area contributed by atoms with Crippen LogP contribution in [0.25, 0.3) is 0 Å². The Labute approximate surface area is 124 Å². The van der Waals surface area contributed by atoms with Crippen molar-refractivity contribution < 1.29 is 0 Å². The summed E-state index contributed by atoms with van der Waals surface area (Å²) in [6.07, 6.45) is 7.74. The smallest absolute Gasteiger partial charge is 0.144 e. The van der Waals surface area contributed by atoms with Gasteiger partial charge in [0.2, 0.25) is 0 Å². The summed E-state index contributed by atoms with van der Waals surface area (Å²) in [4.78, 5) is 20.0. The zero-order chi connectivity index (χ0) is 14.7. The molecule has 110 valence electrons. The van der Waals surface area contributed by atoms with Crippen molar-refractivity contribution in [1.82, 2.24) is 24.8 Å². The topological polar surface area (TPSA) is 66.8 Å². The molecule has 6 heteroatoms. The molecule has 0 bridgehead atoms. The Morgan fingerprint density at radius 3 is 3.05 bits per heavy atom. The molecule has 0 aromatic carbocycles. The van der Waals surface area contributed by atoms with Crippen molar-refractivity contribution in [2.75, 3.05) is 18.9 Å². The molecule has 6 nitrogen and oxygen atoms in total. The predicted molar refractivity (Wildman–Crippen MR) is 80.7 cm³/mol. The molecular formula is C15H20N6. The summed E-state index contributed by atoms with van der Waals surface area (Å²) in [5.41, 5.74) is 2.09. The first-order valence-electron chi connectivity index (χ1n) is 7.28. The molecule has 0 aliphatic carbocycles. The van der Waals surface area contributed by atoms with Gasteiger partial charge in [-0.1, -0.05) is 0 Å². The number of nitrogens with one attached hydrogen (secondary N) is 1. The molecule has 0 radical (unpaired) electrons. The van der Waals surface area contributed by atoms with Crippen molar-refractivity contribution in [3.8, 4) is 0 Å². The average Bonchev–Trinajstić information content (AvgIpc) is 2.95. The van der Waals surface area contributed by atoms with Gasteiger partial charge in [-0.05, 0) is 32.4 Å². The summed E-state index contributed by atoms with van der Waals surface area (Å²) >= 11 is 0. The molecule has 1 N–H and O–H groups in total. The van der Waals surface area contributed by atoms with Crippen molar-refractivity contribution in [3.63, 3.8) is 0 Å². The van der Waals surface area contributed by atoms with Crippen molar-refractivity contribution in [2.45, 2.75) is 32.4 Å². The van der Waals surface area contributed by atoms with E-state index in [1.54, 1.807) is 6.20 Å². The van der Waals surface area contributed by atoms with E-state index in [0.717, 1.165) is 42.5 Å². The van der Waals surface area contributed by atoms with Gasteiger partial charge in [-0.3, -0.25) is 9.88 Å². The molecule has 2 aromatic rings. The molecular weight excluding hydrogens is 264 g/mol. The van der Waals surface area contributed by atoms with Crippen LogP contribution in [0, 0.1) is 6.92 Å². The van der Waals surface area contributed by atoms with E-state index in [1.165, 1.54) is 6.42 Å². The van der Waals surface area contributed by atoms with Gasteiger partial charge < -0.3 is 5.32 Å². The highest BCUT2D eigenvalue weighted by atomic mass is 15.2. The monoisotopic (exact) mass is 284 g/mol. The number of hydrogen-bond donors (Lipinski definition) is 1. The van der Waals surface area contributed by atoms with E-state index in [4.69, 9.17) is 0 Å². The Morgan fingerprint density at radius 1 is 1.33 bits per heavy atom. The van der Waals surface area contributed by atoms with E-state index in [9.17, 15) is 0 Å². The van der Waals surface area contributed by atoms with Gasteiger partial charge >= 0.3 is 0 Å². The molecule has 0 spiro atoms. The molecule has 0 saturated carbocycles. The van der Waals surface area contributed by atoms with Crippen LogP contribution in [-0.2, 0) is 6.54 Å². The lowest BCUT2D eigenvalue weighted by molar-refractivity contribution is 0.241. The molecule has 2 aromatic heterocycles. The summed E-state index contributed by atoms with van der Waals surface area (Å²) in [5, 5.41) is 3.05. The van der Waals surface area contributed by atoms with Crippen LogP contribution < -0.4 is 5.32 Å². The van der Waals surface area contributed by atoms with Crippen LogP contribution in [0.2, 0.25) is 0 Å². The summed E-state index contributed by atoms with van der Waals surface area (Å²) in [5.74, 6) is 1.64. The van der Waals surface area contributed by atoms with Gasteiger partial charge in [-0.25, -0.2) is 15.0 Å². The minimum absolute atomic E-state index is 0.320. The number of hydrogen-bond acceptors (Lipinski definition) is 6. The average molecular weight is 284 g/mol. The normalized spacial score (nSPS) is 18.9. The molecule has 1 fully saturated rings. The second-order valence-corrected chi connectivity index (χ2v) is 5.30. The van der Waals surface area contributed by atoms with Gasteiger partial charge in [0.15, 0.2) is 0 Å². The van der Waals surface area contributed by atoms with E-state index in [0.29, 0.717) is 6.04 Å². The number of aryl methyl sites for hydroxylation is 1. The Balaban J connectivity index is 1.78. The fourth-order valence-electron chi connectivity index (χ4n) is 2.81. The van der Waals surface area contributed by atoms with Crippen LogP contribution in [0.4, 0.5) is 5.82 Å². The second kappa shape index (κ2) is 6.13. The third-order valence-electron chi connectivity index (χ3n) is 3.81. The molecule has 21 heavy (non-hydrogen) atoms. The Morgan fingerprint density at radius 2 is 2.24 bits per heavy atom. The van der Waals surface area contributed by atoms with Gasteiger partial charge in [0.1, 0.15) is 11.6 Å². The molecule has 0 amide bonds. The van der Waals surface area contributed by atoms with Gasteiger partial charge in [-0.2, -0.15) is 0 Å². The van der Waals surface area contributed by atoms with E-state index < -0.39 is 0 Å². The van der Waals surface area contributed by atoms with E-state index in [1.807, 2.05) is 32.4 Å². The maximum Gasteiger partial charge on any atom is 0.144 e. The van der Waals surface area contributed by atoms with E-state index in [2.05, 4.69) is 30.2 Å². The SMILES string of the molecule is CNc1cncc(C2CCCN2Cc2ccnc(C)n2)n1. The third-order valence-corrected chi connectivity index (χ3v) is 3.81. The molecule has 3 rings (SSSR count). The first-order valence-corrected chi connectivity index (χ1v) is 7.28. The van der Waals surface area contributed by atoms with E-state index in [-0.39, 0.29) is 0 Å². The lowest BCUT2D eigenvalue weighted by atomic mass is 10.1. The van der Waals surface area contributed by atoms with Gasteiger partial charge in [0.05, 0.1) is 29.8 Å². The molecule has 1 aliphatic heterocycles. The molecule has 1 unspecified atom stereocenters. The quantitative estimate of drug-likeness (QED) is 0.925. The Bertz CT molecular complexity index is 615. The number of likely N-dealkylation sites (tertiary alicyclic amines) is 1. The molecule has 1 saturated heterocycles.